The zero-order chi connectivity index (χ0) is 13.7. The fourth-order valence-electron chi connectivity index (χ4n) is 1.46. The zero-order valence-corrected chi connectivity index (χ0v) is 11.1. The van der Waals surface area contributed by atoms with E-state index in [0.717, 1.165) is 0 Å². The maximum Gasteiger partial charge on any atom is 0.200 e. The Kier molecular flexibility index (Phi) is 5.01. The highest BCUT2D eigenvalue weighted by molar-refractivity contribution is 5.81. The lowest BCUT2D eigenvalue weighted by atomic mass is 10.1. The molecule has 0 bridgehead atoms. The van der Waals surface area contributed by atoms with Crippen LogP contribution in [0.2, 0.25) is 0 Å². The number of hydrogen-bond acceptors (Lipinski definition) is 4. The standard InChI is InChI=1S/C14H20O4/c1-4-11(15)7-10-5-6-12(14(17)13(10)16)18-8-9(2)3/h5-6,9,16-17H,4,7-8H2,1-3H3. The summed E-state index contributed by atoms with van der Waals surface area (Å²) in [6, 6.07) is 3.19. The molecule has 0 amide bonds. The van der Waals surface area contributed by atoms with E-state index < -0.39 is 0 Å². The molecular formula is C14H20O4. The summed E-state index contributed by atoms with van der Waals surface area (Å²) >= 11 is 0. The summed E-state index contributed by atoms with van der Waals surface area (Å²) in [7, 11) is 0. The van der Waals surface area contributed by atoms with E-state index in [2.05, 4.69) is 0 Å². The minimum absolute atomic E-state index is 0.0144. The number of benzene rings is 1. The Morgan fingerprint density at radius 2 is 1.94 bits per heavy atom. The minimum Gasteiger partial charge on any atom is -0.504 e. The van der Waals surface area contributed by atoms with Gasteiger partial charge in [0, 0.05) is 18.4 Å². The van der Waals surface area contributed by atoms with Crippen LogP contribution < -0.4 is 4.74 Å². The molecule has 0 fully saturated rings. The zero-order valence-electron chi connectivity index (χ0n) is 11.1. The van der Waals surface area contributed by atoms with Gasteiger partial charge in [-0.3, -0.25) is 4.79 Å². The van der Waals surface area contributed by atoms with E-state index in [1.807, 2.05) is 13.8 Å². The fourth-order valence-corrected chi connectivity index (χ4v) is 1.46. The van der Waals surface area contributed by atoms with Crippen LogP contribution in [0.1, 0.15) is 32.8 Å². The van der Waals surface area contributed by atoms with Gasteiger partial charge in [-0.2, -0.15) is 0 Å². The van der Waals surface area contributed by atoms with Crippen molar-refractivity contribution in [2.75, 3.05) is 6.61 Å². The Morgan fingerprint density at radius 3 is 2.50 bits per heavy atom. The molecule has 18 heavy (non-hydrogen) atoms. The van der Waals surface area contributed by atoms with Crippen LogP contribution >= 0.6 is 0 Å². The number of ether oxygens (including phenoxy) is 1. The molecule has 1 rings (SSSR count). The van der Waals surface area contributed by atoms with Crippen LogP contribution in [-0.2, 0) is 11.2 Å². The molecule has 4 nitrogen and oxygen atoms in total. The van der Waals surface area contributed by atoms with Gasteiger partial charge in [-0.05, 0) is 12.0 Å². The Morgan fingerprint density at radius 1 is 1.28 bits per heavy atom. The third-order valence-electron chi connectivity index (χ3n) is 2.55. The second-order valence-electron chi connectivity index (χ2n) is 4.69. The van der Waals surface area contributed by atoms with Crippen molar-refractivity contribution in [3.8, 4) is 17.2 Å². The fraction of sp³-hybridized carbons (Fsp3) is 0.500. The highest BCUT2D eigenvalue weighted by Gasteiger charge is 2.14. The van der Waals surface area contributed by atoms with Gasteiger partial charge >= 0.3 is 0 Å². The van der Waals surface area contributed by atoms with Crippen LogP contribution in [0.15, 0.2) is 12.1 Å². The number of carbonyl (C=O) groups is 1. The average Bonchev–Trinajstić information content (AvgIpc) is 2.33. The largest absolute Gasteiger partial charge is 0.504 e. The monoisotopic (exact) mass is 252 g/mol. The Balaban J connectivity index is 2.87. The third kappa shape index (κ3) is 3.65. The molecule has 0 unspecified atom stereocenters. The molecule has 0 atom stereocenters. The first-order valence-electron chi connectivity index (χ1n) is 6.14. The van der Waals surface area contributed by atoms with Crippen LogP contribution in [0, 0.1) is 5.92 Å². The van der Waals surface area contributed by atoms with Gasteiger partial charge in [0.2, 0.25) is 5.75 Å². The summed E-state index contributed by atoms with van der Waals surface area (Å²) in [5, 5.41) is 19.6. The molecule has 0 saturated carbocycles. The Hall–Kier alpha value is -1.71. The molecule has 0 saturated heterocycles. The summed E-state index contributed by atoms with van der Waals surface area (Å²) in [5.41, 5.74) is 0.427. The van der Waals surface area contributed by atoms with Crippen molar-refractivity contribution in [2.24, 2.45) is 5.92 Å². The first kappa shape index (κ1) is 14.4. The molecule has 0 aliphatic heterocycles. The maximum absolute atomic E-state index is 11.3. The van der Waals surface area contributed by atoms with Gasteiger partial charge in [0.15, 0.2) is 11.5 Å². The van der Waals surface area contributed by atoms with Crippen LogP contribution in [-0.4, -0.2) is 22.6 Å². The van der Waals surface area contributed by atoms with Gasteiger partial charge in [0.25, 0.3) is 0 Å². The molecule has 0 aliphatic carbocycles. The van der Waals surface area contributed by atoms with Gasteiger partial charge in [-0.15, -0.1) is 0 Å². The maximum atomic E-state index is 11.3. The van der Waals surface area contributed by atoms with Crippen molar-refractivity contribution in [1.82, 2.24) is 0 Å². The number of phenolic OH excluding ortho intramolecular Hbond substituents is 2. The average molecular weight is 252 g/mol. The molecular weight excluding hydrogens is 232 g/mol. The molecule has 4 heteroatoms. The predicted octanol–water partition coefficient (Wildman–Crippen LogP) is 2.65. The summed E-state index contributed by atoms with van der Waals surface area (Å²) in [4.78, 5) is 11.3. The topological polar surface area (TPSA) is 66.8 Å². The van der Waals surface area contributed by atoms with Crippen molar-refractivity contribution in [3.63, 3.8) is 0 Å². The third-order valence-corrected chi connectivity index (χ3v) is 2.55. The van der Waals surface area contributed by atoms with Gasteiger partial charge in [-0.25, -0.2) is 0 Å². The summed E-state index contributed by atoms with van der Waals surface area (Å²) in [6.45, 7) is 6.20. The van der Waals surface area contributed by atoms with Crippen LogP contribution in [0.3, 0.4) is 0 Å². The van der Waals surface area contributed by atoms with Crippen LogP contribution in [0.25, 0.3) is 0 Å². The minimum atomic E-state index is -0.294. The van der Waals surface area contributed by atoms with Gasteiger partial charge in [0.1, 0.15) is 5.78 Å². The van der Waals surface area contributed by atoms with E-state index >= 15 is 0 Å². The lowest BCUT2D eigenvalue weighted by Gasteiger charge is -2.12. The van der Waals surface area contributed by atoms with E-state index in [0.29, 0.717) is 24.5 Å². The van der Waals surface area contributed by atoms with Crippen molar-refractivity contribution >= 4 is 5.78 Å². The SMILES string of the molecule is CCC(=O)Cc1ccc(OCC(C)C)c(O)c1O. The summed E-state index contributed by atoms with van der Waals surface area (Å²) in [6.07, 6.45) is 0.534. The van der Waals surface area contributed by atoms with Crippen molar-refractivity contribution in [2.45, 2.75) is 33.6 Å². The van der Waals surface area contributed by atoms with Gasteiger partial charge < -0.3 is 14.9 Å². The molecule has 0 radical (unpaired) electrons. The Bertz CT molecular complexity index is 424. The van der Waals surface area contributed by atoms with Gasteiger partial charge in [0.05, 0.1) is 6.61 Å². The van der Waals surface area contributed by atoms with E-state index in [-0.39, 0.29) is 29.5 Å². The van der Waals surface area contributed by atoms with Crippen molar-refractivity contribution in [3.05, 3.63) is 17.7 Å². The van der Waals surface area contributed by atoms with E-state index in [9.17, 15) is 15.0 Å². The number of Topliss-reactive ketones (excluding diaryl/α,β-unsaturated/α-hetero) is 1. The summed E-state index contributed by atoms with van der Waals surface area (Å²) in [5.74, 6) is 0.0254. The second kappa shape index (κ2) is 6.28. The van der Waals surface area contributed by atoms with E-state index in [1.54, 1.807) is 19.1 Å². The number of carbonyl (C=O) groups excluding carboxylic acids is 1. The number of rotatable bonds is 6. The van der Waals surface area contributed by atoms with Gasteiger partial charge in [-0.1, -0.05) is 26.8 Å². The number of ketones is 1. The first-order chi connectivity index (χ1) is 8.45. The quantitative estimate of drug-likeness (QED) is 0.764. The van der Waals surface area contributed by atoms with E-state index in [1.165, 1.54) is 0 Å². The molecule has 0 aromatic heterocycles. The summed E-state index contributed by atoms with van der Waals surface area (Å²) < 4.78 is 5.37. The molecule has 0 spiro atoms. The Labute approximate surface area is 107 Å². The molecule has 0 heterocycles. The highest BCUT2D eigenvalue weighted by atomic mass is 16.5. The number of aromatic hydroxyl groups is 2. The molecule has 1 aromatic carbocycles. The molecule has 100 valence electrons. The molecule has 0 aliphatic rings. The first-order valence-corrected chi connectivity index (χ1v) is 6.14. The molecule has 1 aromatic rings. The predicted molar refractivity (Wildman–Crippen MR) is 69.1 cm³/mol. The van der Waals surface area contributed by atoms with Crippen LogP contribution in [0.5, 0.6) is 17.2 Å². The highest BCUT2D eigenvalue weighted by Crippen LogP contribution is 2.38. The smallest absolute Gasteiger partial charge is 0.200 e. The van der Waals surface area contributed by atoms with Crippen molar-refractivity contribution < 1.29 is 19.7 Å². The lowest BCUT2D eigenvalue weighted by molar-refractivity contribution is -0.118. The van der Waals surface area contributed by atoms with Crippen LogP contribution in [0.4, 0.5) is 0 Å². The molecule has 2 N–H and O–H groups in total. The lowest BCUT2D eigenvalue weighted by Crippen LogP contribution is -2.05. The second-order valence-corrected chi connectivity index (χ2v) is 4.69. The number of phenols is 2. The van der Waals surface area contributed by atoms with E-state index in [4.69, 9.17) is 4.74 Å². The van der Waals surface area contributed by atoms with Crippen molar-refractivity contribution in [1.29, 1.82) is 0 Å². The number of hydrogen-bond donors (Lipinski definition) is 2. The normalized spacial score (nSPS) is 10.7.